The summed E-state index contributed by atoms with van der Waals surface area (Å²) in [5.41, 5.74) is 0. The van der Waals surface area contributed by atoms with E-state index in [1.807, 2.05) is 0 Å². The zero-order valence-electron chi connectivity index (χ0n) is 38.0. The summed E-state index contributed by atoms with van der Waals surface area (Å²) in [5.74, 6) is -0.803. The number of aliphatic hydroxyl groups excluding tert-OH is 4. The Morgan fingerprint density at radius 1 is 0.508 bits per heavy atom. The number of unbranched alkanes of at least 4 members (excludes halogenated alkanes) is 29. The van der Waals surface area contributed by atoms with Crippen molar-refractivity contribution in [2.24, 2.45) is 0 Å². The van der Waals surface area contributed by atoms with E-state index in [9.17, 15) is 30.0 Å². The van der Waals surface area contributed by atoms with Gasteiger partial charge >= 0.3 is 11.9 Å². The molecule has 1 aliphatic heterocycles. The molecule has 0 saturated carbocycles. The van der Waals surface area contributed by atoms with Crippen LogP contribution in [0.2, 0.25) is 0 Å². The summed E-state index contributed by atoms with van der Waals surface area (Å²) >= 11 is 0. The highest BCUT2D eigenvalue weighted by Crippen LogP contribution is 2.23. The third-order valence-electron chi connectivity index (χ3n) is 11.7. The molecule has 0 aromatic heterocycles. The smallest absolute Gasteiger partial charge is 0.306 e. The second-order valence-electron chi connectivity index (χ2n) is 17.3. The number of esters is 2. The van der Waals surface area contributed by atoms with E-state index < -0.39 is 49.4 Å². The van der Waals surface area contributed by atoms with Gasteiger partial charge in [0.15, 0.2) is 12.4 Å². The monoisotopic (exact) mass is 841 g/mol. The van der Waals surface area contributed by atoms with Crippen LogP contribution in [-0.2, 0) is 28.5 Å². The van der Waals surface area contributed by atoms with Gasteiger partial charge in [-0.05, 0) is 38.5 Å². The molecule has 0 aliphatic carbocycles. The van der Waals surface area contributed by atoms with Gasteiger partial charge in [0.05, 0.1) is 13.2 Å². The molecule has 1 heterocycles. The Balaban J connectivity index is 2.27. The van der Waals surface area contributed by atoms with Gasteiger partial charge in [0.2, 0.25) is 0 Å². The normalized spacial score (nSPS) is 20.0. The van der Waals surface area contributed by atoms with Crippen LogP contribution in [-0.4, -0.2) is 89.0 Å². The fourth-order valence-corrected chi connectivity index (χ4v) is 7.71. The summed E-state index contributed by atoms with van der Waals surface area (Å²) in [5, 5.41) is 40.1. The van der Waals surface area contributed by atoms with E-state index >= 15 is 0 Å². The molecule has 1 rings (SSSR count). The lowest BCUT2D eigenvalue weighted by Crippen LogP contribution is -2.59. The lowest BCUT2D eigenvalue weighted by molar-refractivity contribution is -0.305. The standard InChI is InChI=1S/C49H92O10/c1-3-5-7-9-11-13-15-17-19-20-21-22-24-26-28-30-32-34-36-38-45(52)58-42(41-57-49-48(55)47(54)46(53)43(39-50)59-49)40-56-44(51)37-35-33-31-29-27-25-23-18-16-14-12-10-8-6-4-2/h18,23,42-43,46-50,53-55H,3-17,19-22,24-41H2,1-2H3/b23-18+/t42-,43-,46+,47?,48?,49-/m1/s1. The topological polar surface area (TPSA) is 152 Å². The van der Waals surface area contributed by atoms with E-state index in [2.05, 4.69) is 26.0 Å². The zero-order chi connectivity index (χ0) is 43.0. The van der Waals surface area contributed by atoms with Crippen LogP contribution in [0, 0.1) is 0 Å². The average molecular weight is 841 g/mol. The summed E-state index contributed by atoms with van der Waals surface area (Å²) in [7, 11) is 0. The molecule has 0 radical (unpaired) electrons. The molecule has 0 aromatic carbocycles. The van der Waals surface area contributed by atoms with Gasteiger partial charge in [-0.3, -0.25) is 9.59 Å². The van der Waals surface area contributed by atoms with Crippen molar-refractivity contribution in [3.05, 3.63) is 12.2 Å². The molecule has 0 aromatic rings. The second kappa shape index (κ2) is 40.5. The Morgan fingerprint density at radius 2 is 0.898 bits per heavy atom. The Morgan fingerprint density at radius 3 is 1.32 bits per heavy atom. The molecule has 1 aliphatic rings. The number of ether oxygens (including phenoxy) is 4. The number of carbonyl (C=O) groups is 2. The van der Waals surface area contributed by atoms with Gasteiger partial charge in [-0.1, -0.05) is 193 Å². The van der Waals surface area contributed by atoms with Crippen LogP contribution in [0.4, 0.5) is 0 Å². The lowest BCUT2D eigenvalue weighted by atomic mass is 9.99. The summed E-state index contributed by atoms with van der Waals surface area (Å²) in [6.45, 7) is 3.45. The van der Waals surface area contributed by atoms with Crippen LogP contribution in [0.15, 0.2) is 12.2 Å². The van der Waals surface area contributed by atoms with Crippen molar-refractivity contribution in [3.8, 4) is 0 Å². The molecule has 6 atom stereocenters. The number of hydrogen-bond donors (Lipinski definition) is 4. The lowest BCUT2D eigenvalue weighted by Gasteiger charge is -2.39. The van der Waals surface area contributed by atoms with E-state index in [1.54, 1.807) is 0 Å². The molecule has 0 amide bonds. The first kappa shape index (κ1) is 55.5. The average Bonchev–Trinajstić information content (AvgIpc) is 3.23. The molecule has 4 N–H and O–H groups in total. The predicted molar refractivity (Wildman–Crippen MR) is 238 cm³/mol. The maximum Gasteiger partial charge on any atom is 0.306 e. The highest BCUT2D eigenvalue weighted by Gasteiger charge is 2.44. The molecule has 1 fully saturated rings. The van der Waals surface area contributed by atoms with Gasteiger partial charge in [0.25, 0.3) is 0 Å². The van der Waals surface area contributed by atoms with Crippen LogP contribution in [0.1, 0.15) is 232 Å². The molecule has 348 valence electrons. The minimum Gasteiger partial charge on any atom is -0.462 e. The highest BCUT2D eigenvalue weighted by atomic mass is 16.7. The van der Waals surface area contributed by atoms with Crippen molar-refractivity contribution in [3.63, 3.8) is 0 Å². The summed E-state index contributed by atoms with van der Waals surface area (Å²) in [6, 6.07) is 0. The van der Waals surface area contributed by atoms with Gasteiger partial charge < -0.3 is 39.4 Å². The van der Waals surface area contributed by atoms with Gasteiger partial charge in [-0.25, -0.2) is 0 Å². The third-order valence-corrected chi connectivity index (χ3v) is 11.7. The molecular weight excluding hydrogens is 749 g/mol. The van der Waals surface area contributed by atoms with Gasteiger partial charge in [-0.15, -0.1) is 0 Å². The molecule has 2 unspecified atom stereocenters. The molecule has 59 heavy (non-hydrogen) atoms. The first-order chi connectivity index (χ1) is 28.8. The molecule has 0 bridgehead atoms. The maximum absolute atomic E-state index is 12.8. The number of rotatable bonds is 42. The zero-order valence-corrected chi connectivity index (χ0v) is 38.0. The fraction of sp³-hybridized carbons (Fsp3) is 0.918. The predicted octanol–water partition coefficient (Wildman–Crippen LogP) is 11.1. The van der Waals surface area contributed by atoms with Gasteiger partial charge in [0.1, 0.15) is 31.0 Å². The molecule has 10 heteroatoms. The van der Waals surface area contributed by atoms with Crippen LogP contribution in [0.3, 0.4) is 0 Å². The Kier molecular flexibility index (Phi) is 38.1. The van der Waals surface area contributed by atoms with E-state index in [0.29, 0.717) is 6.42 Å². The molecule has 10 nitrogen and oxygen atoms in total. The fourth-order valence-electron chi connectivity index (χ4n) is 7.71. The highest BCUT2D eigenvalue weighted by molar-refractivity contribution is 5.70. The van der Waals surface area contributed by atoms with Crippen molar-refractivity contribution in [2.75, 3.05) is 19.8 Å². The maximum atomic E-state index is 12.8. The van der Waals surface area contributed by atoms with Crippen LogP contribution in [0.25, 0.3) is 0 Å². The summed E-state index contributed by atoms with van der Waals surface area (Å²) in [6.07, 6.45) is 36.4. The van der Waals surface area contributed by atoms with Crippen LogP contribution >= 0.6 is 0 Å². The van der Waals surface area contributed by atoms with Gasteiger partial charge in [-0.2, -0.15) is 0 Å². The largest absolute Gasteiger partial charge is 0.462 e. The van der Waals surface area contributed by atoms with Crippen LogP contribution < -0.4 is 0 Å². The van der Waals surface area contributed by atoms with E-state index in [-0.39, 0.29) is 32.0 Å². The number of carbonyl (C=O) groups excluding carboxylic acids is 2. The molecule has 0 spiro atoms. The minimum absolute atomic E-state index is 0.216. The third kappa shape index (κ3) is 31.9. The SMILES string of the molecule is CCCCCCCC/C=C/CCCCCCCC(=O)OC[C@H](CO[C@@H]1O[C@H](CO)[C@H](O)C(O)C1O)OC(=O)CCCCCCCCCCCCCCCCCCCCC. The number of hydrogen-bond acceptors (Lipinski definition) is 10. The van der Waals surface area contributed by atoms with Gasteiger partial charge in [0, 0.05) is 12.8 Å². The first-order valence-corrected chi connectivity index (χ1v) is 24.8. The summed E-state index contributed by atoms with van der Waals surface area (Å²) < 4.78 is 22.2. The van der Waals surface area contributed by atoms with Crippen LogP contribution in [0.5, 0.6) is 0 Å². The van der Waals surface area contributed by atoms with E-state index in [4.69, 9.17) is 18.9 Å². The summed E-state index contributed by atoms with van der Waals surface area (Å²) in [4.78, 5) is 25.4. The van der Waals surface area contributed by atoms with E-state index in [0.717, 1.165) is 57.8 Å². The van der Waals surface area contributed by atoms with Crippen molar-refractivity contribution in [2.45, 2.75) is 269 Å². The number of allylic oxidation sites excluding steroid dienone is 2. The molecule has 1 saturated heterocycles. The second-order valence-corrected chi connectivity index (χ2v) is 17.3. The first-order valence-electron chi connectivity index (χ1n) is 24.8. The molecular formula is C49H92O10. The number of aliphatic hydroxyl groups is 4. The van der Waals surface area contributed by atoms with Crippen molar-refractivity contribution < 1.29 is 49.0 Å². The minimum atomic E-state index is -1.59. The van der Waals surface area contributed by atoms with Crippen molar-refractivity contribution in [1.29, 1.82) is 0 Å². The quantitative estimate of drug-likeness (QED) is 0.0265. The van der Waals surface area contributed by atoms with E-state index in [1.165, 1.54) is 141 Å². The van der Waals surface area contributed by atoms with Crippen molar-refractivity contribution >= 4 is 11.9 Å². The Hall–Kier alpha value is -1.56. The Labute approximate surface area is 361 Å². The Bertz CT molecular complexity index is 974. The van der Waals surface area contributed by atoms with Crippen molar-refractivity contribution in [1.82, 2.24) is 0 Å².